The van der Waals surface area contributed by atoms with Gasteiger partial charge in [-0.3, -0.25) is 9.80 Å². The number of hydrogen-bond acceptors (Lipinski definition) is 5. The van der Waals surface area contributed by atoms with Gasteiger partial charge in [0.1, 0.15) is 5.75 Å². The Labute approximate surface area is 245 Å². The zero-order chi connectivity index (χ0) is 28.9. The maximum absolute atomic E-state index is 12.4. The lowest BCUT2D eigenvalue weighted by atomic mass is 9.68. The Morgan fingerprint density at radius 1 is 1.10 bits per heavy atom. The van der Waals surface area contributed by atoms with Crippen LogP contribution in [0.4, 0.5) is 16.3 Å². The molecule has 1 aliphatic heterocycles. The normalized spacial score (nSPS) is 21.9. The summed E-state index contributed by atoms with van der Waals surface area (Å²) in [6.07, 6.45) is 7.80. The molecule has 1 saturated heterocycles. The summed E-state index contributed by atoms with van der Waals surface area (Å²) in [4.78, 5) is 19.0. The number of ether oxygens (including phenoxy) is 1. The van der Waals surface area contributed by atoms with Crippen LogP contribution in [0.15, 0.2) is 48.7 Å². The maximum atomic E-state index is 12.4. The molecule has 2 amide bonds. The number of aromatic nitrogens is 2. The van der Waals surface area contributed by atoms with Crippen molar-refractivity contribution in [3.8, 4) is 5.75 Å². The number of hydrogen-bond donors (Lipinski definition) is 1. The van der Waals surface area contributed by atoms with Gasteiger partial charge in [0.15, 0.2) is 5.82 Å². The molecule has 2 aliphatic rings. The third-order valence-electron chi connectivity index (χ3n) is 9.37. The number of carbonyl (C=O) groups is 1. The number of nitrogens with zero attached hydrogens (tertiary/aromatic N) is 5. The summed E-state index contributed by atoms with van der Waals surface area (Å²) in [5, 5.41) is 4.73. The second-order valence-electron chi connectivity index (χ2n) is 12.5. The van der Waals surface area contributed by atoms with Crippen molar-refractivity contribution in [2.45, 2.75) is 58.8 Å². The summed E-state index contributed by atoms with van der Waals surface area (Å²) in [6, 6.07) is 14.3. The van der Waals surface area contributed by atoms with Crippen molar-refractivity contribution in [2.75, 3.05) is 56.2 Å². The van der Waals surface area contributed by atoms with E-state index in [4.69, 9.17) is 15.6 Å². The van der Waals surface area contributed by atoms with Crippen molar-refractivity contribution in [3.05, 3.63) is 54.2 Å². The van der Waals surface area contributed by atoms with Gasteiger partial charge in [-0.2, -0.15) is 0 Å². The highest BCUT2D eigenvalue weighted by Crippen LogP contribution is 2.44. The standard InChI is InChI=1S/C33H48N6O2/c1-24(2)28-12-11-25(3)21-29(28)26-13-16-39-27(22-26)23-32(35-39)38(33(34)40)15-8-7-14-36-17-19-37(20-18-36)30-9-5-6-10-31(30)41-4/h5-6,9-10,13,16,22-25,28-29H,7-8,11-12,14-15,17-21H2,1-4H3,(H2,34,40). The molecule has 222 valence electrons. The number of rotatable bonds is 10. The highest BCUT2D eigenvalue weighted by Gasteiger charge is 2.32. The Hall–Kier alpha value is -3.26. The van der Waals surface area contributed by atoms with E-state index in [-0.39, 0.29) is 0 Å². The van der Waals surface area contributed by atoms with E-state index in [1.165, 1.54) is 30.5 Å². The Morgan fingerprint density at radius 3 is 2.61 bits per heavy atom. The average Bonchev–Trinajstić information content (AvgIpc) is 3.40. The molecule has 0 radical (unpaired) electrons. The van der Waals surface area contributed by atoms with Crippen LogP contribution in [0.3, 0.4) is 0 Å². The predicted octanol–water partition coefficient (Wildman–Crippen LogP) is 6.01. The van der Waals surface area contributed by atoms with Crippen LogP contribution in [0, 0.1) is 17.8 Å². The van der Waals surface area contributed by atoms with Crippen molar-refractivity contribution in [3.63, 3.8) is 0 Å². The van der Waals surface area contributed by atoms with Gasteiger partial charge in [-0.1, -0.05) is 39.3 Å². The molecule has 2 fully saturated rings. The molecule has 3 unspecified atom stereocenters. The fourth-order valence-electron chi connectivity index (χ4n) is 6.99. The van der Waals surface area contributed by atoms with Crippen molar-refractivity contribution in [1.29, 1.82) is 0 Å². The Balaban J connectivity index is 1.16. The molecule has 1 saturated carbocycles. The van der Waals surface area contributed by atoms with Crippen molar-refractivity contribution in [1.82, 2.24) is 14.5 Å². The minimum absolute atomic E-state index is 0.444. The van der Waals surface area contributed by atoms with Gasteiger partial charge < -0.3 is 15.4 Å². The lowest BCUT2D eigenvalue weighted by Gasteiger charge is -2.37. The molecule has 5 rings (SSSR count). The topological polar surface area (TPSA) is 79.3 Å². The number of primary amides is 1. The number of anilines is 2. The van der Waals surface area contributed by atoms with Gasteiger partial charge in [-0.25, -0.2) is 9.31 Å². The fourth-order valence-corrected chi connectivity index (χ4v) is 6.99. The van der Waals surface area contributed by atoms with Gasteiger partial charge in [0, 0.05) is 45.0 Å². The van der Waals surface area contributed by atoms with Crippen LogP contribution in [0.25, 0.3) is 5.52 Å². The van der Waals surface area contributed by atoms with Crippen molar-refractivity contribution < 1.29 is 9.53 Å². The largest absolute Gasteiger partial charge is 0.495 e. The lowest BCUT2D eigenvalue weighted by Crippen LogP contribution is -2.46. The van der Waals surface area contributed by atoms with Gasteiger partial charge in [-0.15, -0.1) is 5.10 Å². The van der Waals surface area contributed by atoms with E-state index in [2.05, 4.69) is 61.0 Å². The number of nitrogens with two attached hydrogens (primary N) is 1. The monoisotopic (exact) mass is 560 g/mol. The van der Waals surface area contributed by atoms with Crippen LogP contribution in [-0.4, -0.2) is 66.9 Å². The van der Waals surface area contributed by atoms with Crippen LogP contribution < -0.4 is 20.3 Å². The molecule has 8 heteroatoms. The zero-order valence-corrected chi connectivity index (χ0v) is 25.3. The van der Waals surface area contributed by atoms with Crippen molar-refractivity contribution in [2.24, 2.45) is 23.5 Å². The molecule has 3 aromatic rings. The number of methoxy groups -OCH3 is 1. The summed E-state index contributed by atoms with van der Waals surface area (Å²) in [5.41, 5.74) is 9.42. The van der Waals surface area contributed by atoms with Crippen molar-refractivity contribution >= 4 is 23.1 Å². The SMILES string of the molecule is COc1ccccc1N1CCN(CCCCN(C(N)=O)c2cc3cc(C4CC(C)CCC4C(C)C)ccn3n2)CC1. The lowest BCUT2D eigenvalue weighted by molar-refractivity contribution is 0.197. The molecular weight excluding hydrogens is 512 g/mol. The number of unbranched alkanes of at least 4 members (excludes halogenated alkanes) is 1. The minimum Gasteiger partial charge on any atom is -0.495 e. The van der Waals surface area contributed by atoms with Gasteiger partial charge in [0.05, 0.1) is 18.3 Å². The highest BCUT2D eigenvalue weighted by atomic mass is 16.5. The van der Waals surface area contributed by atoms with Gasteiger partial charge >= 0.3 is 6.03 Å². The summed E-state index contributed by atoms with van der Waals surface area (Å²) < 4.78 is 7.43. The van der Waals surface area contributed by atoms with Crippen LogP contribution in [0.1, 0.15) is 64.4 Å². The number of pyridine rings is 1. The average molecular weight is 561 g/mol. The molecule has 0 bridgehead atoms. The van der Waals surface area contributed by atoms with Crippen LogP contribution in [0.2, 0.25) is 0 Å². The molecule has 3 heterocycles. The predicted molar refractivity (Wildman–Crippen MR) is 167 cm³/mol. The first kappa shape index (κ1) is 29.2. The maximum Gasteiger partial charge on any atom is 0.320 e. The summed E-state index contributed by atoms with van der Waals surface area (Å²) in [7, 11) is 1.73. The molecule has 0 spiro atoms. The Bertz CT molecular complexity index is 1300. The van der Waals surface area contributed by atoms with E-state index in [0.29, 0.717) is 30.1 Å². The van der Waals surface area contributed by atoms with Gasteiger partial charge in [0.25, 0.3) is 0 Å². The quantitative estimate of drug-likeness (QED) is 0.308. The number of para-hydroxylation sites is 2. The first-order valence-corrected chi connectivity index (χ1v) is 15.5. The molecule has 2 aromatic heterocycles. The molecule has 2 N–H and O–H groups in total. The van der Waals surface area contributed by atoms with E-state index < -0.39 is 6.03 Å². The van der Waals surface area contributed by atoms with Gasteiger partial charge in [-0.05, 0) is 85.7 Å². The fraction of sp³-hybridized carbons (Fsp3) is 0.576. The highest BCUT2D eigenvalue weighted by molar-refractivity contribution is 5.90. The van der Waals surface area contributed by atoms with E-state index in [9.17, 15) is 4.79 Å². The van der Waals surface area contributed by atoms with E-state index in [1.807, 2.05) is 22.7 Å². The van der Waals surface area contributed by atoms with Crippen LogP contribution in [-0.2, 0) is 0 Å². The van der Waals surface area contributed by atoms with Crippen LogP contribution >= 0.6 is 0 Å². The molecule has 8 nitrogen and oxygen atoms in total. The smallest absolute Gasteiger partial charge is 0.320 e. The molecule has 41 heavy (non-hydrogen) atoms. The second-order valence-corrected chi connectivity index (χ2v) is 12.5. The summed E-state index contributed by atoms with van der Waals surface area (Å²) in [5.74, 6) is 4.28. The molecular formula is C33H48N6O2. The summed E-state index contributed by atoms with van der Waals surface area (Å²) in [6.45, 7) is 12.7. The number of fused-ring (bicyclic) bond motifs is 1. The molecule has 1 aromatic carbocycles. The Morgan fingerprint density at radius 2 is 1.88 bits per heavy atom. The third-order valence-corrected chi connectivity index (χ3v) is 9.37. The van der Waals surface area contributed by atoms with Gasteiger partial charge in [0.2, 0.25) is 0 Å². The third kappa shape index (κ3) is 6.80. The number of urea groups is 1. The first-order valence-electron chi connectivity index (χ1n) is 15.5. The number of benzene rings is 1. The van der Waals surface area contributed by atoms with E-state index >= 15 is 0 Å². The second kappa shape index (κ2) is 13.1. The first-order chi connectivity index (χ1) is 19.8. The number of amides is 2. The van der Waals surface area contributed by atoms with E-state index in [0.717, 1.165) is 62.7 Å². The number of piperazine rings is 1. The van der Waals surface area contributed by atoms with Crippen LogP contribution in [0.5, 0.6) is 5.75 Å². The number of carbonyl (C=O) groups excluding carboxylic acids is 1. The minimum atomic E-state index is -0.444. The van der Waals surface area contributed by atoms with E-state index in [1.54, 1.807) is 12.0 Å². The Kier molecular flexibility index (Phi) is 9.38. The summed E-state index contributed by atoms with van der Waals surface area (Å²) >= 11 is 0. The zero-order valence-electron chi connectivity index (χ0n) is 25.3. The molecule has 3 atom stereocenters. The molecule has 1 aliphatic carbocycles.